The molecule has 0 atom stereocenters. The molecule has 9 heteroatoms. The number of hydrogen-bond donors (Lipinski definition) is 0. The van der Waals surface area contributed by atoms with Crippen LogP contribution in [0.25, 0.3) is 11.7 Å². The summed E-state index contributed by atoms with van der Waals surface area (Å²) in [6.45, 7) is 0.609. The molecule has 4 aromatic rings. The Kier molecular flexibility index (Phi) is 4.07. The minimum absolute atomic E-state index is 0.361. The lowest BCUT2D eigenvalue weighted by Crippen LogP contribution is -2.03. The first-order chi connectivity index (χ1) is 11.9. The maximum absolute atomic E-state index is 5.57. The highest BCUT2D eigenvalue weighted by Gasteiger charge is 2.13. The Morgan fingerprint density at radius 3 is 2.75 bits per heavy atom. The third-order valence-electron chi connectivity index (χ3n) is 3.20. The molecule has 0 saturated carbocycles. The van der Waals surface area contributed by atoms with Gasteiger partial charge in [0.15, 0.2) is 5.76 Å². The lowest BCUT2D eigenvalue weighted by atomic mass is 10.2. The van der Waals surface area contributed by atoms with Crippen LogP contribution in [0.15, 0.2) is 62.7 Å². The monoisotopic (exact) mass is 340 g/mol. The van der Waals surface area contributed by atoms with E-state index in [0.717, 1.165) is 5.56 Å². The van der Waals surface area contributed by atoms with Crippen LogP contribution in [0, 0.1) is 0 Å². The van der Waals surface area contributed by atoms with Crippen LogP contribution < -0.4 is 0 Å². The van der Waals surface area contributed by atoms with Crippen molar-refractivity contribution in [2.75, 3.05) is 0 Å². The van der Waals surface area contributed by atoms with Crippen molar-refractivity contribution in [3.8, 4) is 11.7 Å². The summed E-state index contributed by atoms with van der Waals surface area (Å²) in [7, 11) is 0. The number of thioether (sulfide) groups is 1. The van der Waals surface area contributed by atoms with E-state index < -0.39 is 0 Å². The molecule has 120 valence electrons. The predicted octanol–water partition coefficient (Wildman–Crippen LogP) is 2.66. The Morgan fingerprint density at radius 2 is 1.92 bits per heavy atom. The molecule has 0 unspecified atom stereocenters. The summed E-state index contributed by atoms with van der Waals surface area (Å²) in [6, 6.07) is 13.6. The molecule has 8 nitrogen and oxygen atoms in total. The molecule has 0 fully saturated rings. The molecule has 0 aliphatic rings. The molecule has 0 spiro atoms. The van der Waals surface area contributed by atoms with E-state index in [2.05, 4.69) is 25.7 Å². The molecule has 1 aromatic carbocycles. The zero-order valence-electron chi connectivity index (χ0n) is 12.4. The van der Waals surface area contributed by atoms with E-state index in [1.54, 1.807) is 23.1 Å². The smallest absolute Gasteiger partial charge is 0.283 e. The van der Waals surface area contributed by atoms with Crippen LogP contribution in [0.4, 0.5) is 0 Å². The van der Waals surface area contributed by atoms with E-state index in [1.165, 1.54) is 11.8 Å². The first-order valence-corrected chi connectivity index (χ1v) is 8.16. The van der Waals surface area contributed by atoms with Gasteiger partial charge in [-0.3, -0.25) is 0 Å². The van der Waals surface area contributed by atoms with Gasteiger partial charge in [0.2, 0.25) is 11.0 Å². The van der Waals surface area contributed by atoms with E-state index in [9.17, 15) is 0 Å². The summed E-state index contributed by atoms with van der Waals surface area (Å²) in [4.78, 5) is 0. The van der Waals surface area contributed by atoms with Crippen LogP contribution >= 0.6 is 11.8 Å². The Balaban J connectivity index is 1.43. The van der Waals surface area contributed by atoms with Crippen molar-refractivity contribution in [2.45, 2.75) is 17.5 Å². The SMILES string of the molecule is c1ccc(Cn2nnnc2SCc2nnc(-c3ccco3)o2)cc1. The molecule has 0 radical (unpaired) electrons. The molecule has 0 saturated heterocycles. The van der Waals surface area contributed by atoms with E-state index >= 15 is 0 Å². The van der Waals surface area contributed by atoms with Crippen LogP contribution in [0.2, 0.25) is 0 Å². The summed E-state index contributed by atoms with van der Waals surface area (Å²) in [5.41, 5.74) is 1.13. The average Bonchev–Trinajstić information content (AvgIpc) is 3.36. The Bertz CT molecular complexity index is 903. The molecule has 0 aliphatic carbocycles. The summed E-state index contributed by atoms with van der Waals surface area (Å²) in [5, 5.41) is 20.5. The van der Waals surface area contributed by atoms with Crippen molar-refractivity contribution in [2.24, 2.45) is 0 Å². The molecular weight excluding hydrogens is 328 g/mol. The number of hydrogen-bond acceptors (Lipinski definition) is 8. The highest BCUT2D eigenvalue weighted by Crippen LogP contribution is 2.23. The first-order valence-electron chi connectivity index (χ1n) is 7.17. The van der Waals surface area contributed by atoms with Crippen LogP contribution in [0.1, 0.15) is 11.5 Å². The summed E-state index contributed by atoms with van der Waals surface area (Å²) >= 11 is 1.44. The molecule has 24 heavy (non-hydrogen) atoms. The fourth-order valence-corrected chi connectivity index (χ4v) is 2.81. The third kappa shape index (κ3) is 3.20. The minimum Gasteiger partial charge on any atom is -0.459 e. The zero-order valence-corrected chi connectivity index (χ0v) is 13.3. The summed E-state index contributed by atoms with van der Waals surface area (Å²) < 4.78 is 12.5. The average molecular weight is 340 g/mol. The van der Waals surface area contributed by atoms with Gasteiger partial charge < -0.3 is 8.83 Å². The van der Waals surface area contributed by atoms with Crippen molar-refractivity contribution in [3.63, 3.8) is 0 Å². The number of rotatable bonds is 6. The molecular formula is C15H12N6O2S. The predicted molar refractivity (Wildman–Crippen MR) is 84.9 cm³/mol. The van der Waals surface area contributed by atoms with Gasteiger partial charge in [0.25, 0.3) is 5.89 Å². The van der Waals surface area contributed by atoms with Gasteiger partial charge in [-0.25, -0.2) is 4.68 Å². The van der Waals surface area contributed by atoms with Gasteiger partial charge in [-0.05, 0) is 28.1 Å². The summed E-state index contributed by atoms with van der Waals surface area (Å²) in [6.07, 6.45) is 1.56. The standard InChI is InChI=1S/C15H12N6O2S/c1-2-5-11(6-3-1)9-21-15(18-19-20-21)24-10-13-16-17-14(23-13)12-7-4-8-22-12/h1-8H,9-10H2. The highest BCUT2D eigenvalue weighted by molar-refractivity contribution is 7.98. The zero-order chi connectivity index (χ0) is 16.2. The van der Waals surface area contributed by atoms with Crippen LogP contribution in [0.3, 0.4) is 0 Å². The van der Waals surface area contributed by atoms with E-state index in [0.29, 0.717) is 35.0 Å². The molecule has 4 rings (SSSR count). The van der Waals surface area contributed by atoms with Gasteiger partial charge in [-0.1, -0.05) is 42.1 Å². The van der Waals surface area contributed by atoms with Crippen molar-refractivity contribution in [1.82, 2.24) is 30.4 Å². The Labute approximate surface area is 140 Å². The van der Waals surface area contributed by atoms with Crippen LogP contribution in [-0.4, -0.2) is 30.4 Å². The van der Waals surface area contributed by atoms with E-state index in [4.69, 9.17) is 8.83 Å². The highest BCUT2D eigenvalue weighted by atomic mass is 32.2. The second kappa shape index (κ2) is 6.67. The van der Waals surface area contributed by atoms with Crippen LogP contribution in [0.5, 0.6) is 0 Å². The second-order valence-electron chi connectivity index (χ2n) is 4.87. The van der Waals surface area contributed by atoms with Crippen molar-refractivity contribution >= 4 is 11.8 Å². The van der Waals surface area contributed by atoms with Gasteiger partial charge in [0.1, 0.15) is 0 Å². The van der Waals surface area contributed by atoms with Gasteiger partial charge in [-0.2, -0.15) is 0 Å². The van der Waals surface area contributed by atoms with E-state index in [-0.39, 0.29) is 0 Å². The fraction of sp³-hybridized carbons (Fsp3) is 0.133. The topological polar surface area (TPSA) is 95.7 Å². The lowest BCUT2D eigenvalue weighted by Gasteiger charge is -2.03. The first kappa shape index (κ1) is 14.6. The molecule has 0 aliphatic heterocycles. The molecule has 0 N–H and O–H groups in total. The van der Waals surface area contributed by atoms with Crippen molar-refractivity contribution in [3.05, 3.63) is 60.2 Å². The van der Waals surface area contributed by atoms with Crippen molar-refractivity contribution in [1.29, 1.82) is 0 Å². The van der Waals surface area contributed by atoms with Gasteiger partial charge in [-0.15, -0.1) is 15.3 Å². The number of tetrazole rings is 1. The Morgan fingerprint density at radius 1 is 1.00 bits per heavy atom. The number of benzene rings is 1. The number of nitrogens with zero attached hydrogens (tertiary/aromatic N) is 6. The number of furan rings is 1. The second-order valence-corrected chi connectivity index (χ2v) is 5.81. The molecule has 3 aromatic heterocycles. The molecule has 0 amide bonds. The minimum atomic E-state index is 0.361. The normalized spacial score (nSPS) is 11.0. The van der Waals surface area contributed by atoms with Crippen molar-refractivity contribution < 1.29 is 8.83 Å². The van der Waals surface area contributed by atoms with Gasteiger partial charge in [0.05, 0.1) is 18.6 Å². The van der Waals surface area contributed by atoms with Gasteiger partial charge in [0, 0.05) is 0 Å². The maximum Gasteiger partial charge on any atom is 0.283 e. The van der Waals surface area contributed by atoms with Gasteiger partial charge >= 0.3 is 0 Å². The maximum atomic E-state index is 5.57. The Hall–Kier alpha value is -2.94. The molecule has 3 heterocycles. The third-order valence-corrected chi connectivity index (χ3v) is 4.14. The number of aromatic nitrogens is 6. The fourth-order valence-electron chi connectivity index (χ4n) is 2.09. The summed E-state index contributed by atoms with van der Waals surface area (Å²) in [5.74, 6) is 1.87. The largest absolute Gasteiger partial charge is 0.459 e. The molecule has 0 bridgehead atoms. The van der Waals surface area contributed by atoms with Crippen LogP contribution in [-0.2, 0) is 12.3 Å². The lowest BCUT2D eigenvalue weighted by molar-refractivity contribution is 0.494. The van der Waals surface area contributed by atoms with E-state index in [1.807, 2.05) is 30.3 Å². The quantitative estimate of drug-likeness (QED) is 0.494.